The van der Waals surface area contributed by atoms with E-state index in [1.807, 2.05) is 6.07 Å². The SMILES string of the molecule is N#Cc1ccc2ccc(=O)n(CCCN)c2c1. The van der Waals surface area contributed by atoms with E-state index in [1.165, 1.54) is 0 Å². The van der Waals surface area contributed by atoms with Gasteiger partial charge in [-0.1, -0.05) is 6.07 Å². The Balaban J connectivity index is 2.65. The van der Waals surface area contributed by atoms with E-state index < -0.39 is 0 Å². The lowest BCUT2D eigenvalue weighted by Crippen LogP contribution is -2.20. The van der Waals surface area contributed by atoms with Crippen molar-refractivity contribution < 1.29 is 0 Å². The summed E-state index contributed by atoms with van der Waals surface area (Å²) < 4.78 is 1.67. The Morgan fingerprint density at radius 3 is 2.76 bits per heavy atom. The second kappa shape index (κ2) is 4.81. The van der Waals surface area contributed by atoms with Gasteiger partial charge in [0, 0.05) is 12.6 Å². The highest BCUT2D eigenvalue weighted by Crippen LogP contribution is 2.14. The molecule has 0 aliphatic rings. The topological polar surface area (TPSA) is 71.8 Å². The normalized spacial score (nSPS) is 10.4. The van der Waals surface area contributed by atoms with Crippen LogP contribution in [0, 0.1) is 11.3 Å². The van der Waals surface area contributed by atoms with Gasteiger partial charge in [-0.2, -0.15) is 5.26 Å². The fourth-order valence-electron chi connectivity index (χ4n) is 1.84. The quantitative estimate of drug-likeness (QED) is 0.857. The maximum atomic E-state index is 11.8. The molecule has 1 heterocycles. The van der Waals surface area contributed by atoms with Crippen LogP contribution in [0.2, 0.25) is 0 Å². The van der Waals surface area contributed by atoms with Gasteiger partial charge >= 0.3 is 0 Å². The number of aromatic nitrogens is 1. The molecule has 0 unspecified atom stereocenters. The van der Waals surface area contributed by atoms with Gasteiger partial charge in [0.2, 0.25) is 0 Å². The van der Waals surface area contributed by atoms with E-state index in [4.69, 9.17) is 11.0 Å². The van der Waals surface area contributed by atoms with Crippen molar-refractivity contribution in [2.45, 2.75) is 13.0 Å². The van der Waals surface area contributed by atoms with Crippen molar-refractivity contribution in [3.63, 3.8) is 0 Å². The third-order valence-electron chi connectivity index (χ3n) is 2.71. The number of pyridine rings is 1. The van der Waals surface area contributed by atoms with E-state index in [2.05, 4.69) is 6.07 Å². The number of fused-ring (bicyclic) bond motifs is 1. The molecule has 1 aromatic carbocycles. The maximum Gasteiger partial charge on any atom is 0.251 e. The first-order valence-corrected chi connectivity index (χ1v) is 5.50. The summed E-state index contributed by atoms with van der Waals surface area (Å²) in [7, 11) is 0. The van der Waals surface area contributed by atoms with E-state index in [9.17, 15) is 4.79 Å². The molecule has 2 N–H and O–H groups in total. The van der Waals surface area contributed by atoms with Gasteiger partial charge < -0.3 is 10.3 Å². The van der Waals surface area contributed by atoms with E-state index in [-0.39, 0.29) is 5.56 Å². The van der Waals surface area contributed by atoms with Gasteiger partial charge in [-0.25, -0.2) is 0 Å². The standard InChI is InChI=1S/C13H13N3O/c14-6-1-7-16-12-8-10(9-15)2-3-11(12)4-5-13(16)17/h2-5,8H,1,6-7,14H2. The molecule has 1 aromatic heterocycles. The Hall–Kier alpha value is -2.12. The van der Waals surface area contributed by atoms with Crippen molar-refractivity contribution in [2.24, 2.45) is 5.73 Å². The number of nitrogens with zero attached hydrogens (tertiary/aromatic N) is 2. The van der Waals surface area contributed by atoms with Gasteiger partial charge in [0.05, 0.1) is 17.1 Å². The average Bonchev–Trinajstić information content (AvgIpc) is 2.37. The second-order valence-corrected chi connectivity index (χ2v) is 3.85. The molecule has 0 saturated carbocycles. The first-order valence-electron chi connectivity index (χ1n) is 5.50. The number of hydrogen-bond donors (Lipinski definition) is 1. The van der Waals surface area contributed by atoms with Gasteiger partial charge in [-0.05, 0) is 36.6 Å². The Morgan fingerprint density at radius 1 is 1.29 bits per heavy atom. The van der Waals surface area contributed by atoms with Crippen LogP contribution in [0.3, 0.4) is 0 Å². The summed E-state index contributed by atoms with van der Waals surface area (Å²) in [6.07, 6.45) is 0.746. The number of aryl methyl sites for hydroxylation is 1. The lowest BCUT2D eigenvalue weighted by molar-refractivity contribution is 0.650. The molecule has 4 nitrogen and oxygen atoms in total. The van der Waals surface area contributed by atoms with Gasteiger partial charge in [0.1, 0.15) is 0 Å². The average molecular weight is 227 g/mol. The van der Waals surface area contributed by atoms with Crippen LogP contribution in [0.5, 0.6) is 0 Å². The molecular weight excluding hydrogens is 214 g/mol. The maximum absolute atomic E-state index is 11.8. The molecule has 0 saturated heterocycles. The zero-order valence-corrected chi connectivity index (χ0v) is 9.39. The second-order valence-electron chi connectivity index (χ2n) is 3.85. The summed E-state index contributed by atoms with van der Waals surface area (Å²) in [6, 6.07) is 10.8. The Bertz CT molecular complexity index is 637. The Morgan fingerprint density at radius 2 is 2.06 bits per heavy atom. The molecule has 0 aliphatic heterocycles. The minimum Gasteiger partial charge on any atom is -0.330 e. The first-order chi connectivity index (χ1) is 8.26. The molecule has 0 atom stereocenters. The van der Waals surface area contributed by atoms with E-state index in [0.717, 1.165) is 17.3 Å². The molecule has 17 heavy (non-hydrogen) atoms. The molecular formula is C13H13N3O. The van der Waals surface area contributed by atoms with Crippen LogP contribution in [-0.2, 0) is 6.54 Å². The molecule has 0 amide bonds. The predicted octanol–water partition coefficient (Wildman–Crippen LogP) is 1.22. The molecule has 0 radical (unpaired) electrons. The Labute approximate surface area is 98.9 Å². The summed E-state index contributed by atoms with van der Waals surface area (Å²) in [5.41, 5.74) is 6.76. The van der Waals surface area contributed by atoms with Crippen molar-refractivity contribution in [2.75, 3.05) is 6.54 Å². The molecule has 0 aliphatic carbocycles. The highest BCUT2D eigenvalue weighted by molar-refractivity contribution is 5.80. The zero-order valence-electron chi connectivity index (χ0n) is 9.39. The molecule has 2 aromatic rings. The molecule has 2 rings (SSSR count). The molecule has 0 spiro atoms. The number of benzene rings is 1. The first kappa shape index (κ1) is 11.4. The summed E-state index contributed by atoms with van der Waals surface area (Å²) in [5, 5.41) is 9.83. The van der Waals surface area contributed by atoms with Crippen molar-refractivity contribution in [1.82, 2.24) is 4.57 Å². The third kappa shape index (κ3) is 2.19. The monoisotopic (exact) mass is 227 g/mol. The highest BCUT2D eigenvalue weighted by atomic mass is 16.1. The van der Waals surface area contributed by atoms with Crippen LogP contribution in [0.25, 0.3) is 10.9 Å². The van der Waals surface area contributed by atoms with Gasteiger partial charge in [-0.3, -0.25) is 4.79 Å². The highest BCUT2D eigenvalue weighted by Gasteiger charge is 2.03. The van der Waals surface area contributed by atoms with Gasteiger partial charge in [0.15, 0.2) is 0 Å². The largest absolute Gasteiger partial charge is 0.330 e. The van der Waals surface area contributed by atoms with Crippen LogP contribution >= 0.6 is 0 Å². The predicted molar refractivity (Wildman–Crippen MR) is 66.6 cm³/mol. The number of nitrogens with two attached hydrogens (primary N) is 1. The van der Waals surface area contributed by atoms with Gasteiger partial charge in [0.25, 0.3) is 5.56 Å². The van der Waals surface area contributed by atoms with Crippen LogP contribution in [0.15, 0.2) is 35.1 Å². The van der Waals surface area contributed by atoms with Crippen molar-refractivity contribution in [3.05, 3.63) is 46.2 Å². The number of rotatable bonds is 3. The lowest BCUT2D eigenvalue weighted by Gasteiger charge is -2.09. The fourth-order valence-corrected chi connectivity index (χ4v) is 1.84. The summed E-state index contributed by atoms with van der Waals surface area (Å²) in [6.45, 7) is 1.13. The van der Waals surface area contributed by atoms with Crippen LogP contribution in [-0.4, -0.2) is 11.1 Å². The lowest BCUT2D eigenvalue weighted by atomic mass is 10.1. The van der Waals surface area contributed by atoms with Crippen molar-refractivity contribution in [1.29, 1.82) is 5.26 Å². The number of nitriles is 1. The summed E-state index contributed by atoms with van der Waals surface area (Å²) >= 11 is 0. The van der Waals surface area contributed by atoms with Crippen LogP contribution < -0.4 is 11.3 Å². The molecule has 0 bridgehead atoms. The molecule has 0 fully saturated rings. The molecule has 4 heteroatoms. The van der Waals surface area contributed by atoms with E-state index in [1.54, 1.807) is 28.8 Å². The number of hydrogen-bond acceptors (Lipinski definition) is 3. The van der Waals surface area contributed by atoms with Gasteiger partial charge in [-0.15, -0.1) is 0 Å². The summed E-state index contributed by atoms with van der Waals surface area (Å²) in [4.78, 5) is 11.8. The van der Waals surface area contributed by atoms with Crippen LogP contribution in [0.1, 0.15) is 12.0 Å². The molecule has 86 valence electrons. The minimum atomic E-state index is -0.0546. The zero-order chi connectivity index (χ0) is 12.3. The Kier molecular flexibility index (Phi) is 3.22. The third-order valence-corrected chi connectivity index (χ3v) is 2.71. The fraction of sp³-hybridized carbons (Fsp3) is 0.231. The van der Waals surface area contributed by atoms with E-state index >= 15 is 0 Å². The van der Waals surface area contributed by atoms with Crippen molar-refractivity contribution in [3.8, 4) is 6.07 Å². The van der Waals surface area contributed by atoms with Crippen molar-refractivity contribution >= 4 is 10.9 Å². The summed E-state index contributed by atoms with van der Waals surface area (Å²) in [5.74, 6) is 0. The van der Waals surface area contributed by atoms with Crippen LogP contribution in [0.4, 0.5) is 0 Å². The van der Waals surface area contributed by atoms with E-state index in [0.29, 0.717) is 18.7 Å². The smallest absolute Gasteiger partial charge is 0.251 e. The minimum absolute atomic E-state index is 0.0546.